The van der Waals surface area contributed by atoms with Gasteiger partial charge in [0.05, 0.1) is 5.52 Å². The molecule has 6 nitrogen and oxygen atoms in total. The van der Waals surface area contributed by atoms with Crippen LogP contribution < -0.4 is 11.1 Å². The molecule has 2 heterocycles. The van der Waals surface area contributed by atoms with Crippen molar-refractivity contribution in [1.29, 1.82) is 0 Å². The molecule has 0 atom stereocenters. The fourth-order valence-electron chi connectivity index (χ4n) is 2.08. The standard InChI is InChI=1S/C15H13N3O3/c1-18-12-3-2-10(8-13(12)21-15(18)20)9-17-14(19)11-4-6-16-7-5-11/h2-8H,9H2,1H3,(H,17,19). The van der Waals surface area contributed by atoms with E-state index in [9.17, 15) is 9.59 Å². The van der Waals surface area contributed by atoms with Gasteiger partial charge in [0.15, 0.2) is 5.58 Å². The maximum Gasteiger partial charge on any atom is 0.419 e. The lowest BCUT2D eigenvalue weighted by atomic mass is 10.2. The second-order valence-electron chi connectivity index (χ2n) is 4.65. The van der Waals surface area contributed by atoms with Crippen LogP contribution in [0.3, 0.4) is 0 Å². The Balaban J connectivity index is 1.76. The zero-order valence-electron chi connectivity index (χ0n) is 11.4. The number of nitrogens with zero attached hydrogens (tertiary/aromatic N) is 2. The van der Waals surface area contributed by atoms with Crippen LogP contribution in [-0.2, 0) is 13.6 Å². The number of fused-ring (bicyclic) bond motifs is 1. The van der Waals surface area contributed by atoms with E-state index in [0.29, 0.717) is 17.7 Å². The van der Waals surface area contributed by atoms with Gasteiger partial charge in [0, 0.05) is 31.5 Å². The molecule has 6 heteroatoms. The molecule has 0 saturated heterocycles. The lowest BCUT2D eigenvalue weighted by Gasteiger charge is -2.05. The topological polar surface area (TPSA) is 77.1 Å². The molecule has 0 unspecified atom stereocenters. The van der Waals surface area contributed by atoms with Crippen LogP contribution in [-0.4, -0.2) is 15.5 Å². The Morgan fingerprint density at radius 1 is 1.29 bits per heavy atom. The fraction of sp³-hybridized carbons (Fsp3) is 0.133. The maximum atomic E-state index is 11.9. The molecule has 21 heavy (non-hydrogen) atoms. The Morgan fingerprint density at radius 3 is 2.81 bits per heavy atom. The van der Waals surface area contributed by atoms with E-state index in [1.807, 2.05) is 6.07 Å². The summed E-state index contributed by atoms with van der Waals surface area (Å²) < 4.78 is 6.56. The first kappa shape index (κ1) is 13.1. The van der Waals surface area contributed by atoms with Gasteiger partial charge in [-0.15, -0.1) is 0 Å². The van der Waals surface area contributed by atoms with Gasteiger partial charge in [0.25, 0.3) is 5.91 Å². The molecule has 1 amide bonds. The van der Waals surface area contributed by atoms with Crippen molar-refractivity contribution >= 4 is 17.0 Å². The zero-order valence-corrected chi connectivity index (χ0v) is 11.4. The minimum Gasteiger partial charge on any atom is -0.408 e. The third-order valence-electron chi connectivity index (χ3n) is 3.25. The molecule has 0 saturated carbocycles. The Hall–Kier alpha value is -2.89. The van der Waals surface area contributed by atoms with E-state index >= 15 is 0 Å². The Labute approximate surface area is 120 Å². The third-order valence-corrected chi connectivity index (χ3v) is 3.25. The molecule has 2 aromatic heterocycles. The Kier molecular flexibility index (Phi) is 3.27. The van der Waals surface area contributed by atoms with Crippen molar-refractivity contribution in [2.24, 2.45) is 7.05 Å². The van der Waals surface area contributed by atoms with Crippen LogP contribution in [0.15, 0.2) is 51.9 Å². The van der Waals surface area contributed by atoms with Gasteiger partial charge in [0.1, 0.15) is 0 Å². The average molecular weight is 283 g/mol. The summed E-state index contributed by atoms with van der Waals surface area (Å²) in [5.41, 5.74) is 2.65. The second-order valence-corrected chi connectivity index (χ2v) is 4.65. The largest absolute Gasteiger partial charge is 0.419 e. The van der Waals surface area contributed by atoms with Crippen molar-refractivity contribution in [3.63, 3.8) is 0 Å². The molecule has 0 spiro atoms. The number of rotatable bonds is 3. The molecular formula is C15H13N3O3. The Morgan fingerprint density at radius 2 is 2.05 bits per heavy atom. The number of oxazole rings is 1. The van der Waals surface area contributed by atoms with Crippen molar-refractivity contribution < 1.29 is 9.21 Å². The summed E-state index contributed by atoms with van der Waals surface area (Å²) in [6.07, 6.45) is 3.14. The third kappa shape index (κ3) is 2.55. The van der Waals surface area contributed by atoms with Gasteiger partial charge in [-0.1, -0.05) is 6.07 Å². The molecule has 0 aliphatic rings. The number of carbonyl (C=O) groups excluding carboxylic acids is 1. The number of benzene rings is 1. The van der Waals surface area contributed by atoms with Gasteiger partial charge < -0.3 is 9.73 Å². The summed E-state index contributed by atoms with van der Waals surface area (Å²) in [6.45, 7) is 0.357. The SMILES string of the molecule is Cn1c(=O)oc2cc(CNC(=O)c3ccncc3)ccc21. The minimum absolute atomic E-state index is 0.174. The monoisotopic (exact) mass is 283 g/mol. The number of carbonyl (C=O) groups is 1. The van der Waals surface area contributed by atoms with Crippen molar-refractivity contribution in [1.82, 2.24) is 14.9 Å². The van der Waals surface area contributed by atoms with Gasteiger partial charge in [-0.05, 0) is 29.8 Å². The predicted octanol–water partition coefficient (Wildman–Crippen LogP) is 1.46. The van der Waals surface area contributed by atoms with Gasteiger partial charge in [-0.2, -0.15) is 0 Å². The molecule has 3 aromatic rings. The smallest absolute Gasteiger partial charge is 0.408 e. The summed E-state index contributed by atoms with van der Waals surface area (Å²) in [7, 11) is 1.65. The molecule has 3 rings (SSSR count). The van der Waals surface area contributed by atoms with E-state index in [0.717, 1.165) is 11.1 Å². The molecule has 0 radical (unpaired) electrons. The van der Waals surface area contributed by atoms with Crippen LogP contribution in [0, 0.1) is 0 Å². The minimum atomic E-state index is -0.400. The summed E-state index contributed by atoms with van der Waals surface area (Å²) >= 11 is 0. The summed E-state index contributed by atoms with van der Waals surface area (Å²) in [5.74, 6) is -0.574. The van der Waals surface area contributed by atoms with Crippen molar-refractivity contribution in [2.75, 3.05) is 0 Å². The van der Waals surface area contributed by atoms with E-state index in [2.05, 4.69) is 10.3 Å². The maximum absolute atomic E-state index is 11.9. The summed E-state index contributed by atoms with van der Waals surface area (Å²) in [5, 5.41) is 2.81. The average Bonchev–Trinajstić information content (AvgIpc) is 2.80. The number of amides is 1. The number of nitrogens with one attached hydrogen (secondary N) is 1. The molecule has 0 fully saturated rings. The Bertz CT molecular complexity index is 849. The normalized spacial score (nSPS) is 10.7. The first-order chi connectivity index (χ1) is 10.1. The quantitative estimate of drug-likeness (QED) is 0.789. The van der Waals surface area contributed by atoms with Gasteiger partial charge in [-0.25, -0.2) is 4.79 Å². The van der Waals surface area contributed by atoms with Crippen molar-refractivity contribution in [3.8, 4) is 0 Å². The molecule has 1 N–H and O–H groups in total. The highest BCUT2D eigenvalue weighted by Gasteiger charge is 2.08. The van der Waals surface area contributed by atoms with Crippen molar-refractivity contribution in [2.45, 2.75) is 6.54 Å². The van der Waals surface area contributed by atoms with Gasteiger partial charge in [0.2, 0.25) is 0 Å². The van der Waals surface area contributed by atoms with E-state index in [4.69, 9.17) is 4.42 Å². The first-order valence-corrected chi connectivity index (χ1v) is 6.42. The van der Waals surface area contributed by atoms with Gasteiger partial charge >= 0.3 is 5.76 Å². The second kappa shape index (κ2) is 5.24. The number of pyridine rings is 1. The number of aromatic nitrogens is 2. The highest BCUT2D eigenvalue weighted by atomic mass is 16.4. The van der Waals surface area contributed by atoms with E-state index in [1.165, 1.54) is 4.57 Å². The molecular weight excluding hydrogens is 270 g/mol. The molecule has 0 bridgehead atoms. The zero-order chi connectivity index (χ0) is 14.8. The molecule has 0 aliphatic heterocycles. The first-order valence-electron chi connectivity index (χ1n) is 6.42. The van der Waals surface area contributed by atoms with Crippen LogP contribution in [0.25, 0.3) is 11.1 Å². The fourth-order valence-corrected chi connectivity index (χ4v) is 2.08. The summed E-state index contributed by atoms with van der Waals surface area (Å²) in [4.78, 5) is 27.2. The lowest BCUT2D eigenvalue weighted by molar-refractivity contribution is 0.0951. The van der Waals surface area contributed by atoms with E-state index in [1.54, 1.807) is 43.7 Å². The molecule has 0 aliphatic carbocycles. The number of aryl methyl sites for hydroxylation is 1. The number of hydrogen-bond donors (Lipinski definition) is 1. The van der Waals surface area contributed by atoms with E-state index < -0.39 is 5.76 Å². The molecule has 1 aromatic carbocycles. The lowest BCUT2D eigenvalue weighted by Crippen LogP contribution is -2.22. The predicted molar refractivity (Wildman–Crippen MR) is 76.9 cm³/mol. The highest BCUT2D eigenvalue weighted by molar-refractivity contribution is 5.93. The number of hydrogen-bond acceptors (Lipinski definition) is 4. The van der Waals surface area contributed by atoms with Crippen LogP contribution in [0.5, 0.6) is 0 Å². The van der Waals surface area contributed by atoms with Crippen molar-refractivity contribution in [3.05, 3.63) is 64.4 Å². The van der Waals surface area contributed by atoms with E-state index in [-0.39, 0.29) is 5.91 Å². The van der Waals surface area contributed by atoms with Gasteiger partial charge in [-0.3, -0.25) is 14.3 Å². The molecule has 106 valence electrons. The van der Waals surface area contributed by atoms with Crippen LogP contribution in [0.4, 0.5) is 0 Å². The van der Waals surface area contributed by atoms with Crippen LogP contribution in [0.2, 0.25) is 0 Å². The van der Waals surface area contributed by atoms with Crippen LogP contribution >= 0.6 is 0 Å². The van der Waals surface area contributed by atoms with Crippen LogP contribution in [0.1, 0.15) is 15.9 Å². The summed E-state index contributed by atoms with van der Waals surface area (Å²) in [6, 6.07) is 8.70. The highest BCUT2D eigenvalue weighted by Crippen LogP contribution is 2.14.